The highest BCUT2D eigenvalue weighted by Gasteiger charge is 2.21. The van der Waals surface area contributed by atoms with Crippen LogP contribution in [0.2, 0.25) is 0 Å². The number of carboxylic acids is 1. The maximum atomic E-state index is 11.6. The standard InChI is InChI=1S/C35H64O4/c1-3-5-6-7-8-9-10-11-12-13-14-15-16-17-18-19-20-21-22-23-24-25-26-27-28-29-30-33(35(37)38)32-34(36)39-31-4-2/h4,22-23,33H,2-3,5-21,24-32H2,1H3,(H,37,38)/b23-22+. The third-order valence-electron chi connectivity index (χ3n) is 7.69. The van der Waals surface area contributed by atoms with Gasteiger partial charge in [0.05, 0.1) is 12.3 Å². The van der Waals surface area contributed by atoms with Crippen molar-refractivity contribution in [3.8, 4) is 0 Å². The largest absolute Gasteiger partial charge is 0.481 e. The van der Waals surface area contributed by atoms with Gasteiger partial charge in [0, 0.05) is 0 Å². The van der Waals surface area contributed by atoms with Crippen molar-refractivity contribution in [1.82, 2.24) is 0 Å². The topological polar surface area (TPSA) is 63.6 Å². The van der Waals surface area contributed by atoms with E-state index in [0.717, 1.165) is 25.7 Å². The average Bonchev–Trinajstić information content (AvgIpc) is 2.93. The number of hydrogen-bond acceptors (Lipinski definition) is 3. The smallest absolute Gasteiger partial charge is 0.307 e. The molecule has 0 radical (unpaired) electrons. The summed E-state index contributed by atoms with van der Waals surface area (Å²) in [4.78, 5) is 23.0. The third kappa shape index (κ3) is 29.2. The van der Waals surface area contributed by atoms with Crippen LogP contribution in [0.1, 0.15) is 174 Å². The molecule has 4 nitrogen and oxygen atoms in total. The molecule has 39 heavy (non-hydrogen) atoms. The molecule has 0 aromatic rings. The summed E-state index contributed by atoms with van der Waals surface area (Å²) in [5, 5.41) is 9.30. The minimum atomic E-state index is -0.907. The van der Waals surface area contributed by atoms with Crippen molar-refractivity contribution in [2.24, 2.45) is 5.92 Å². The molecule has 0 saturated carbocycles. The van der Waals surface area contributed by atoms with E-state index in [9.17, 15) is 14.7 Å². The van der Waals surface area contributed by atoms with Crippen LogP contribution < -0.4 is 0 Å². The molecule has 0 amide bonds. The molecule has 0 bridgehead atoms. The van der Waals surface area contributed by atoms with E-state index in [1.165, 1.54) is 134 Å². The van der Waals surface area contributed by atoms with Crippen molar-refractivity contribution >= 4 is 11.9 Å². The second-order valence-corrected chi connectivity index (χ2v) is 11.5. The highest BCUT2D eigenvalue weighted by atomic mass is 16.5. The third-order valence-corrected chi connectivity index (χ3v) is 7.69. The van der Waals surface area contributed by atoms with E-state index in [-0.39, 0.29) is 13.0 Å². The number of carbonyl (C=O) groups excluding carboxylic acids is 1. The Balaban J connectivity index is 3.35. The second kappa shape index (κ2) is 31.0. The molecule has 4 heteroatoms. The number of allylic oxidation sites excluding steroid dienone is 2. The lowest BCUT2D eigenvalue weighted by Crippen LogP contribution is -2.19. The van der Waals surface area contributed by atoms with Crippen LogP contribution in [0.4, 0.5) is 0 Å². The van der Waals surface area contributed by atoms with E-state index in [1.807, 2.05) is 0 Å². The Kier molecular flexibility index (Phi) is 29.7. The number of carbonyl (C=O) groups is 2. The van der Waals surface area contributed by atoms with Gasteiger partial charge in [-0.15, -0.1) is 0 Å². The molecule has 0 fully saturated rings. The van der Waals surface area contributed by atoms with Gasteiger partial charge in [0.15, 0.2) is 0 Å². The Morgan fingerprint density at radius 2 is 1.03 bits per heavy atom. The highest BCUT2D eigenvalue weighted by Crippen LogP contribution is 2.17. The summed E-state index contributed by atoms with van der Waals surface area (Å²) in [6, 6.07) is 0. The van der Waals surface area contributed by atoms with Gasteiger partial charge in [-0.25, -0.2) is 0 Å². The number of ether oxygens (including phenoxy) is 1. The Hall–Kier alpha value is -1.58. The minimum Gasteiger partial charge on any atom is -0.481 e. The lowest BCUT2D eigenvalue weighted by molar-refractivity contribution is -0.151. The molecule has 0 spiro atoms. The first-order valence-electron chi connectivity index (χ1n) is 16.8. The molecule has 0 rings (SSSR count). The molecule has 0 saturated heterocycles. The van der Waals surface area contributed by atoms with Crippen molar-refractivity contribution in [2.45, 2.75) is 174 Å². The van der Waals surface area contributed by atoms with Crippen LogP contribution in [0.25, 0.3) is 0 Å². The second-order valence-electron chi connectivity index (χ2n) is 11.5. The normalized spacial score (nSPS) is 12.1. The Morgan fingerprint density at radius 3 is 1.41 bits per heavy atom. The minimum absolute atomic E-state index is 0.0482. The SMILES string of the molecule is C=CCOC(=O)CC(CCCCCCC/C=C/CCCCCCCCCCCCCCCCCCC)C(=O)O. The first kappa shape index (κ1) is 37.4. The van der Waals surface area contributed by atoms with Crippen LogP contribution in [0.5, 0.6) is 0 Å². The molecular weight excluding hydrogens is 484 g/mol. The zero-order valence-electron chi connectivity index (χ0n) is 25.8. The van der Waals surface area contributed by atoms with Gasteiger partial charge in [-0.2, -0.15) is 0 Å². The van der Waals surface area contributed by atoms with Gasteiger partial charge >= 0.3 is 11.9 Å². The highest BCUT2D eigenvalue weighted by molar-refractivity contribution is 5.78. The zero-order chi connectivity index (χ0) is 28.7. The quantitative estimate of drug-likeness (QED) is 0.0531. The lowest BCUT2D eigenvalue weighted by Gasteiger charge is -2.11. The Labute approximate surface area is 242 Å². The van der Waals surface area contributed by atoms with Gasteiger partial charge in [-0.1, -0.05) is 160 Å². The fourth-order valence-electron chi connectivity index (χ4n) is 5.13. The molecule has 1 N–H and O–H groups in total. The average molecular weight is 549 g/mol. The van der Waals surface area contributed by atoms with Crippen LogP contribution in [-0.2, 0) is 14.3 Å². The van der Waals surface area contributed by atoms with Gasteiger partial charge < -0.3 is 9.84 Å². The summed E-state index contributed by atoms with van der Waals surface area (Å²) in [6.07, 6.45) is 38.6. The van der Waals surface area contributed by atoms with Crippen LogP contribution >= 0.6 is 0 Å². The van der Waals surface area contributed by atoms with Gasteiger partial charge in [0.1, 0.15) is 6.61 Å². The van der Waals surface area contributed by atoms with E-state index in [2.05, 4.69) is 25.7 Å². The number of unbranched alkanes of at least 4 members (excludes halogenated alkanes) is 22. The summed E-state index contributed by atoms with van der Waals surface area (Å²) in [5.41, 5.74) is 0. The van der Waals surface area contributed by atoms with Crippen molar-refractivity contribution in [1.29, 1.82) is 0 Å². The van der Waals surface area contributed by atoms with Gasteiger partial charge in [0.2, 0.25) is 0 Å². The first-order chi connectivity index (χ1) is 19.1. The molecule has 0 aliphatic heterocycles. The fraction of sp³-hybridized carbons (Fsp3) is 0.829. The van der Waals surface area contributed by atoms with E-state index < -0.39 is 17.9 Å². The summed E-state index contributed by atoms with van der Waals surface area (Å²) >= 11 is 0. The van der Waals surface area contributed by atoms with E-state index in [4.69, 9.17) is 4.74 Å². The molecule has 0 aromatic carbocycles. The van der Waals surface area contributed by atoms with E-state index in [1.54, 1.807) is 0 Å². The molecule has 0 aliphatic carbocycles. The van der Waals surface area contributed by atoms with Gasteiger partial charge in [-0.05, 0) is 32.1 Å². The summed E-state index contributed by atoms with van der Waals surface area (Å²) in [6.45, 7) is 5.92. The molecule has 0 aromatic heterocycles. The number of rotatable bonds is 31. The predicted octanol–water partition coefficient (Wildman–Crippen LogP) is 11.1. The van der Waals surface area contributed by atoms with Gasteiger partial charge in [0.25, 0.3) is 0 Å². The van der Waals surface area contributed by atoms with Crippen molar-refractivity contribution in [3.63, 3.8) is 0 Å². The summed E-state index contributed by atoms with van der Waals surface area (Å²) < 4.78 is 4.91. The summed E-state index contributed by atoms with van der Waals surface area (Å²) in [7, 11) is 0. The van der Waals surface area contributed by atoms with Crippen molar-refractivity contribution in [2.75, 3.05) is 6.61 Å². The van der Waals surface area contributed by atoms with Gasteiger partial charge in [-0.3, -0.25) is 9.59 Å². The predicted molar refractivity (Wildman–Crippen MR) is 167 cm³/mol. The Bertz CT molecular complexity index is 583. The van der Waals surface area contributed by atoms with Crippen LogP contribution in [0.3, 0.4) is 0 Å². The summed E-state index contributed by atoms with van der Waals surface area (Å²) in [5.74, 6) is -2.00. The van der Waals surface area contributed by atoms with Crippen LogP contribution in [0, 0.1) is 5.92 Å². The first-order valence-corrected chi connectivity index (χ1v) is 16.8. The molecule has 0 aliphatic rings. The Morgan fingerprint density at radius 1 is 0.641 bits per heavy atom. The molecule has 1 unspecified atom stereocenters. The monoisotopic (exact) mass is 548 g/mol. The molecular formula is C35H64O4. The number of esters is 1. The zero-order valence-corrected chi connectivity index (χ0v) is 25.8. The van der Waals surface area contributed by atoms with Crippen LogP contribution in [0.15, 0.2) is 24.8 Å². The van der Waals surface area contributed by atoms with E-state index >= 15 is 0 Å². The molecule has 0 heterocycles. The molecule has 1 atom stereocenters. The van der Waals surface area contributed by atoms with Crippen LogP contribution in [-0.4, -0.2) is 23.7 Å². The maximum absolute atomic E-state index is 11.6. The van der Waals surface area contributed by atoms with Crippen molar-refractivity contribution in [3.05, 3.63) is 24.8 Å². The fourth-order valence-corrected chi connectivity index (χ4v) is 5.13. The number of hydrogen-bond donors (Lipinski definition) is 1. The van der Waals surface area contributed by atoms with E-state index in [0.29, 0.717) is 6.42 Å². The lowest BCUT2D eigenvalue weighted by atomic mass is 9.97. The molecule has 228 valence electrons. The number of carboxylic acid groups (broad SMARTS) is 1. The van der Waals surface area contributed by atoms with Crippen molar-refractivity contribution < 1.29 is 19.4 Å². The maximum Gasteiger partial charge on any atom is 0.307 e. The number of aliphatic carboxylic acids is 1.